The van der Waals surface area contributed by atoms with E-state index >= 15 is 0 Å². The Hall–Kier alpha value is -3.34. The fraction of sp³-hybridized carbons (Fsp3) is 0.179. The van der Waals surface area contributed by atoms with Crippen LogP contribution in [0.4, 0.5) is 0 Å². The molecular weight excluding hydrogens is 603 g/mol. The van der Waals surface area contributed by atoms with Crippen LogP contribution in [0, 0.1) is 19.9 Å². The van der Waals surface area contributed by atoms with Crippen LogP contribution >= 0.6 is 0 Å². The van der Waals surface area contributed by atoms with Gasteiger partial charge in [0.05, 0.1) is 5.76 Å². The number of aryl methyl sites for hydroxylation is 3. The minimum atomic E-state index is -0.125. The Kier molecular flexibility index (Phi) is 7.65. The van der Waals surface area contributed by atoms with Crippen LogP contribution in [0.1, 0.15) is 25.0 Å². The van der Waals surface area contributed by atoms with Crippen molar-refractivity contribution in [1.82, 2.24) is 14.5 Å². The second kappa shape index (κ2) is 10.3. The Labute approximate surface area is 212 Å². The summed E-state index contributed by atoms with van der Waals surface area (Å²) in [6, 6.07) is 20.7. The number of aliphatic hydroxyl groups is 1. The number of nitrogens with zero attached hydrogens (tertiary/aromatic N) is 3. The summed E-state index contributed by atoms with van der Waals surface area (Å²) < 4.78 is 2.16. The fourth-order valence-electron chi connectivity index (χ4n) is 4.22. The topological polar surface area (TPSA) is 68.0 Å². The van der Waals surface area contributed by atoms with Crippen LogP contribution < -0.4 is 0 Å². The first-order chi connectivity index (χ1) is 15.7. The standard InChI is InChI=1S/C23H18N3.C5H8O2.Ir/c1-14-8-15(2)10-18(9-14)22-21-19-11-16-6-4-5-7-17(16)12-20(19)26(3)23(21)25-13-24-22;1-4(6)3-5(2)7;/h4-9,11-13H,1-3H3;3,6H,1-2H3;/q-1;;/b;4-3-;. The van der Waals surface area contributed by atoms with Gasteiger partial charge in [-0.3, -0.25) is 9.78 Å². The van der Waals surface area contributed by atoms with Crippen molar-refractivity contribution in [3.05, 3.63) is 83.9 Å². The molecule has 175 valence electrons. The minimum absolute atomic E-state index is 0. The second-order valence-electron chi connectivity index (χ2n) is 8.35. The Morgan fingerprint density at radius 3 is 2.29 bits per heavy atom. The number of allylic oxidation sites excluding steroid dienone is 2. The molecule has 2 heterocycles. The second-order valence-corrected chi connectivity index (χ2v) is 8.35. The van der Waals surface area contributed by atoms with E-state index in [1.807, 2.05) is 0 Å². The van der Waals surface area contributed by atoms with Crippen molar-refractivity contribution in [2.24, 2.45) is 7.05 Å². The van der Waals surface area contributed by atoms with Crippen LogP contribution in [-0.2, 0) is 31.9 Å². The fourth-order valence-corrected chi connectivity index (χ4v) is 4.22. The van der Waals surface area contributed by atoms with Crippen LogP contribution in [0.25, 0.3) is 44.0 Å². The number of hydrogen-bond acceptors (Lipinski definition) is 4. The van der Waals surface area contributed by atoms with Gasteiger partial charge in [-0.1, -0.05) is 38.1 Å². The predicted octanol–water partition coefficient (Wildman–Crippen LogP) is 6.39. The minimum Gasteiger partial charge on any atom is -0.512 e. The van der Waals surface area contributed by atoms with Crippen molar-refractivity contribution in [3.8, 4) is 11.3 Å². The van der Waals surface area contributed by atoms with Gasteiger partial charge in [0.2, 0.25) is 0 Å². The van der Waals surface area contributed by atoms with E-state index in [9.17, 15) is 4.79 Å². The first-order valence-corrected chi connectivity index (χ1v) is 10.7. The van der Waals surface area contributed by atoms with Crippen LogP contribution in [-0.4, -0.2) is 25.4 Å². The quantitative estimate of drug-likeness (QED) is 0.140. The molecule has 0 amide bonds. The van der Waals surface area contributed by atoms with E-state index in [4.69, 9.17) is 5.11 Å². The number of carbonyl (C=O) groups is 1. The Balaban J connectivity index is 0.000000357. The molecule has 5 aromatic rings. The zero-order valence-corrected chi connectivity index (χ0v) is 22.2. The molecule has 0 atom stereocenters. The van der Waals surface area contributed by atoms with E-state index in [1.165, 1.54) is 47.2 Å². The average molecular weight is 629 g/mol. The summed E-state index contributed by atoms with van der Waals surface area (Å²) in [6.07, 6.45) is 2.82. The number of aliphatic hydroxyl groups excluding tert-OH is 1. The van der Waals surface area contributed by atoms with Crippen LogP contribution in [0.5, 0.6) is 0 Å². The molecule has 0 bridgehead atoms. The SMILES string of the molecule is CC(=O)/C=C(/C)O.Cc1[c-]c(-c2ncnc3c2c2cc4ccccc4cc2n3C)cc(C)c1.[Ir]. The monoisotopic (exact) mass is 629 g/mol. The molecule has 0 aliphatic carbocycles. The number of aromatic nitrogens is 3. The van der Waals surface area contributed by atoms with Gasteiger partial charge in [-0.15, -0.1) is 34.9 Å². The maximum atomic E-state index is 10.0. The largest absolute Gasteiger partial charge is 0.512 e. The van der Waals surface area contributed by atoms with E-state index in [2.05, 4.69) is 90.0 Å². The zero-order chi connectivity index (χ0) is 23.7. The molecule has 34 heavy (non-hydrogen) atoms. The molecule has 1 radical (unpaired) electrons. The molecular formula is C28H26IrN3O2-. The molecule has 3 aromatic carbocycles. The van der Waals surface area contributed by atoms with Crippen molar-refractivity contribution in [1.29, 1.82) is 0 Å². The normalized spacial score (nSPS) is 11.3. The summed E-state index contributed by atoms with van der Waals surface area (Å²) in [5.74, 6) is -0.0625. The van der Waals surface area contributed by atoms with Gasteiger partial charge < -0.3 is 9.67 Å². The van der Waals surface area contributed by atoms with E-state index in [0.717, 1.165) is 27.9 Å². The molecule has 5 rings (SSSR count). The van der Waals surface area contributed by atoms with Crippen molar-refractivity contribution < 1.29 is 30.0 Å². The molecule has 6 heteroatoms. The number of rotatable bonds is 2. The number of fused-ring (bicyclic) bond motifs is 4. The van der Waals surface area contributed by atoms with Crippen molar-refractivity contribution in [3.63, 3.8) is 0 Å². The molecule has 0 fully saturated rings. The molecule has 2 aromatic heterocycles. The summed E-state index contributed by atoms with van der Waals surface area (Å²) in [7, 11) is 2.07. The zero-order valence-electron chi connectivity index (χ0n) is 19.8. The molecule has 0 aliphatic heterocycles. The Bertz CT molecular complexity index is 1530. The maximum Gasteiger partial charge on any atom is 0.155 e. The Morgan fingerprint density at radius 1 is 1.03 bits per heavy atom. The van der Waals surface area contributed by atoms with E-state index in [1.54, 1.807) is 6.33 Å². The molecule has 0 saturated heterocycles. The van der Waals surface area contributed by atoms with Gasteiger partial charge in [-0.2, -0.15) is 0 Å². The number of benzene rings is 3. The first kappa shape index (κ1) is 25.3. The third kappa shape index (κ3) is 5.09. The van der Waals surface area contributed by atoms with Crippen LogP contribution in [0.15, 0.2) is 66.7 Å². The molecule has 0 spiro atoms. The van der Waals surface area contributed by atoms with Crippen LogP contribution in [0.3, 0.4) is 0 Å². The third-order valence-corrected chi connectivity index (χ3v) is 5.45. The van der Waals surface area contributed by atoms with Gasteiger partial charge in [0.25, 0.3) is 0 Å². The van der Waals surface area contributed by atoms with Gasteiger partial charge >= 0.3 is 0 Å². The summed E-state index contributed by atoms with van der Waals surface area (Å²) in [5.41, 5.74) is 6.43. The summed E-state index contributed by atoms with van der Waals surface area (Å²) >= 11 is 0. The summed E-state index contributed by atoms with van der Waals surface area (Å²) in [6.45, 7) is 7.03. The van der Waals surface area contributed by atoms with Crippen molar-refractivity contribution >= 4 is 38.5 Å². The third-order valence-electron chi connectivity index (χ3n) is 5.45. The number of ketones is 1. The average Bonchev–Trinajstić information content (AvgIpc) is 3.03. The molecule has 1 N–H and O–H groups in total. The van der Waals surface area contributed by atoms with Gasteiger partial charge in [0.1, 0.15) is 12.0 Å². The van der Waals surface area contributed by atoms with Gasteiger partial charge in [-0.25, -0.2) is 4.98 Å². The molecule has 0 unspecified atom stereocenters. The van der Waals surface area contributed by atoms with E-state index < -0.39 is 0 Å². The smallest absolute Gasteiger partial charge is 0.155 e. The van der Waals surface area contributed by atoms with E-state index in [-0.39, 0.29) is 31.6 Å². The first-order valence-electron chi connectivity index (χ1n) is 10.7. The summed E-state index contributed by atoms with van der Waals surface area (Å²) in [5, 5.41) is 13.1. The van der Waals surface area contributed by atoms with Crippen molar-refractivity contribution in [2.45, 2.75) is 27.7 Å². The summed E-state index contributed by atoms with van der Waals surface area (Å²) in [4.78, 5) is 19.2. The molecule has 5 nitrogen and oxygen atoms in total. The van der Waals surface area contributed by atoms with Gasteiger partial charge in [-0.05, 0) is 36.8 Å². The van der Waals surface area contributed by atoms with Gasteiger partial charge in [0.15, 0.2) is 5.78 Å². The van der Waals surface area contributed by atoms with Crippen molar-refractivity contribution in [2.75, 3.05) is 0 Å². The molecule has 0 saturated carbocycles. The Morgan fingerprint density at radius 2 is 1.71 bits per heavy atom. The molecule has 0 aliphatic rings. The number of hydrogen-bond donors (Lipinski definition) is 1. The van der Waals surface area contributed by atoms with Crippen LogP contribution in [0.2, 0.25) is 0 Å². The predicted molar refractivity (Wildman–Crippen MR) is 134 cm³/mol. The maximum absolute atomic E-state index is 10.0. The van der Waals surface area contributed by atoms with E-state index in [0.29, 0.717) is 0 Å². The van der Waals surface area contributed by atoms with Gasteiger partial charge in [0, 0.05) is 55.2 Å². The number of carbonyl (C=O) groups excluding carboxylic acids is 1.